The van der Waals surface area contributed by atoms with Crippen LogP contribution in [0.5, 0.6) is 0 Å². The Morgan fingerprint density at radius 2 is 1.89 bits per heavy atom. The molecule has 0 bridgehead atoms. The Labute approximate surface area is 156 Å². The van der Waals surface area contributed by atoms with E-state index in [1.54, 1.807) is 30.3 Å². The van der Waals surface area contributed by atoms with Crippen LogP contribution in [0, 0.1) is 6.92 Å². The third-order valence-corrected chi connectivity index (χ3v) is 5.41. The summed E-state index contributed by atoms with van der Waals surface area (Å²) >= 11 is 0. The summed E-state index contributed by atoms with van der Waals surface area (Å²) in [5, 5.41) is 13.7. The molecule has 1 atom stereocenters. The van der Waals surface area contributed by atoms with Crippen molar-refractivity contribution >= 4 is 21.6 Å². The Kier molecular flexibility index (Phi) is 5.28. The van der Waals surface area contributed by atoms with Crippen LogP contribution in [0.3, 0.4) is 0 Å². The number of rotatable bonds is 6. The number of carbonyl (C=O) groups is 1. The lowest BCUT2D eigenvalue weighted by Gasteiger charge is -2.15. The second-order valence-corrected chi connectivity index (χ2v) is 7.61. The molecule has 2 aromatic carbocycles. The number of amides is 1. The Hall–Kier alpha value is -3.11. The smallest absolute Gasteiger partial charge is 0.242 e. The summed E-state index contributed by atoms with van der Waals surface area (Å²) in [7, 11) is -3.79. The van der Waals surface area contributed by atoms with Gasteiger partial charge < -0.3 is 5.32 Å². The molecule has 3 rings (SSSR count). The number of hydrogen-bond donors (Lipinski definition) is 2. The molecule has 0 aliphatic heterocycles. The first-order valence-electron chi connectivity index (χ1n) is 8.09. The maximum absolute atomic E-state index is 12.4. The molecule has 0 radical (unpaired) electrons. The second-order valence-electron chi connectivity index (χ2n) is 5.90. The van der Waals surface area contributed by atoms with Crippen molar-refractivity contribution in [3.8, 4) is 5.69 Å². The normalized spacial score (nSPS) is 12.5. The standard InChI is InChI=1S/C17H18N6O3S/c1-12-8-9-14(10-16(12)23-11-18-21-22-23)19-17(24)13(2)20-27(25,26)15-6-4-3-5-7-15/h3-11,13,20H,1-2H3,(H,19,24)/t13-/m0/s1. The summed E-state index contributed by atoms with van der Waals surface area (Å²) in [5.41, 5.74) is 2.12. The van der Waals surface area contributed by atoms with Gasteiger partial charge in [0.25, 0.3) is 0 Å². The highest BCUT2D eigenvalue weighted by Gasteiger charge is 2.22. The van der Waals surface area contributed by atoms with Crippen LogP contribution in [0.25, 0.3) is 5.69 Å². The number of tetrazole rings is 1. The van der Waals surface area contributed by atoms with Crippen LogP contribution in [0.1, 0.15) is 12.5 Å². The minimum absolute atomic E-state index is 0.0981. The van der Waals surface area contributed by atoms with Crippen LogP contribution in [0.4, 0.5) is 5.69 Å². The zero-order valence-corrected chi connectivity index (χ0v) is 15.5. The van der Waals surface area contributed by atoms with E-state index in [0.29, 0.717) is 11.4 Å². The minimum Gasteiger partial charge on any atom is -0.325 e. The van der Waals surface area contributed by atoms with E-state index in [-0.39, 0.29) is 4.90 Å². The first-order valence-corrected chi connectivity index (χ1v) is 9.57. The molecule has 27 heavy (non-hydrogen) atoms. The maximum atomic E-state index is 12.4. The van der Waals surface area contributed by atoms with Gasteiger partial charge in [-0.15, -0.1) is 5.10 Å². The number of anilines is 1. The fourth-order valence-electron chi connectivity index (χ4n) is 2.41. The van der Waals surface area contributed by atoms with Crippen molar-refractivity contribution < 1.29 is 13.2 Å². The molecule has 1 aromatic heterocycles. The van der Waals surface area contributed by atoms with Crippen LogP contribution in [-0.2, 0) is 14.8 Å². The Morgan fingerprint density at radius 1 is 1.15 bits per heavy atom. The summed E-state index contributed by atoms with van der Waals surface area (Å²) in [4.78, 5) is 12.5. The molecule has 1 heterocycles. The van der Waals surface area contributed by atoms with E-state index in [2.05, 4.69) is 25.6 Å². The highest BCUT2D eigenvalue weighted by Crippen LogP contribution is 2.18. The Balaban J connectivity index is 1.73. The van der Waals surface area contributed by atoms with Crippen molar-refractivity contribution in [3.05, 3.63) is 60.4 Å². The van der Waals surface area contributed by atoms with Gasteiger partial charge in [0.1, 0.15) is 6.33 Å². The van der Waals surface area contributed by atoms with Gasteiger partial charge >= 0.3 is 0 Å². The number of aromatic nitrogens is 4. The second kappa shape index (κ2) is 7.64. The molecular formula is C17H18N6O3S. The van der Waals surface area contributed by atoms with Gasteiger partial charge in [0.05, 0.1) is 16.6 Å². The van der Waals surface area contributed by atoms with Crippen LogP contribution >= 0.6 is 0 Å². The number of benzene rings is 2. The molecular weight excluding hydrogens is 368 g/mol. The van der Waals surface area contributed by atoms with Gasteiger partial charge in [-0.2, -0.15) is 4.72 Å². The lowest BCUT2D eigenvalue weighted by atomic mass is 10.1. The lowest BCUT2D eigenvalue weighted by molar-refractivity contribution is -0.117. The quantitative estimate of drug-likeness (QED) is 0.659. The zero-order valence-electron chi connectivity index (χ0n) is 14.7. The molecule has 0 unspecified atom stereocenters. The monoisotopic (exact) mass is 386 g/mol. The fraction of sp³-hybridized carbons (Fsp3) is 0.176. The number of hydrogen-bond acceptors (Lipinski definition) is 6. The third-order valence-electron chi connectivity index (χ3n) is 3.85. The van der Waals surface area contributed by atoms with Crippen LogP contribution < -0.4 is 10.0 Å². The molecule has 2 N–H and O–H groups in total. The third kappa shape index (κ3) is 4.36. The fourth-order valence-corrected chi connectivity index (χ4v) is 3.63. The van der Waals surface area contributed by atoms with E-state index in [1.807, 2.05) is 13.0 Å². The Bertz CT molecular complexity index is 1040. The first kappa shape index (κ1) is 18.7. The van der Waals surface area contributed by atoms with Crippen LogP contribution in [0.2, 0.25) is 0 Å². The van der Waals surface area contributed by atoms with E-state index < -0.39 is 22.0 Å². The predicted molar refractivity (Wildman–Crippen MR) is 98.7 cm³/mol. The molecule has 0 saturated carbocycles. The maximum Gasteiger partial charge on any atom is 0.242 e. The summed E-state index contributed by atoms with van der Waals surface area (Å²) in [6.45, 7) is 3.37. The first-order chi connectivity index (χ1) is 12.9. The summed E-state index contributed by atoms with van der Waals surface area (Å²) < 4.78 is 28.5. The SMILES string of the molecule is Cc1ccc(NC(=O)[C@H](C)NS(=O)(=O)c2ccccc2)cc1-n1cnnn1. The summed E-state index contributed by atoms with van der Waals surface area (Å²) in [5.74, 6) is -0.485. The van der Waals surface area contributed by atoms with E-state index in [9.17, 15) is 13.2 Å². The predicted octanol–water partition coefficient (Wildman–Crippen LogP) is 1.28. The molecule has 0 aliphatic rings. The van der Waals surface area contributed by atoms with Crippen molar-refractivity contribution in [2.75, 3.05) is 5.32 Å². The van der Waals surface area contributed by atoms with Crippen molar-refractivity contribution in [1.82, 2.24) is 24.9 Å². The largest absolute Gasteiger partial charge is 0.325 e. The van der Waals surface area contributed by atoms with Crippen LogP contribution in [0.15, 0.2) is 59.8 Å². The molecule has 0 aliphatic carbocycles. The summed E-state index contributed by atoms with van der Waals surface area (Å²) in [6.07, 6.45) is 1.45. The topological polar surface area (TPSA) is 119 Å². The Morgan fingerprint density at radius 3 is 2.56 bits per heavy atom. The minimum atomic E-state index is -3.79. The van der Waals surface area contributed by atoms with Gasteiger partial charge in [-0.1, -0.05) is 24.3 Å². The van der Waals surface area contributed by atoms with Crippen LogP contribution in [-0.4, -0.2) is 40.6 Å². The van der Waals surface area contributed by atoms with Crippen molar-refractivity contribution in [2.24, 2.45) is 0 Å². The van der Waals surface area contributed by atoms with E-state index in [0.717, 1.165) is 5.56 Å². The number of nitrogens with one attached hydrogen (secondary N) is 2. The number of carbonyl (C=O) groups excluding carboxylic acids is 1. The molecule has 3 aromatic rings. The molecule has 0 saturated heterocycles. The van der Waals surface area contributed by atoms with Crippen molar-refractivity contribution in [2.45, 2.75) is 24.8 Å². The molecule has 9 nitrogen and oxygen atoms in total. The van der Waals surface area contributed by atoms with Crippen molar-refractivity contribution in [1.29, 1.82) is 0 Å². The number of nitrogens with zero attached hydrogens (tertiary/aromatic N) is 4. The number of sulfonamides is 1. The molecule has 1 amide bonds. The van der Waals surface area contributed by atoms with E-state index >= 15 is 0 Å². The van der Waals surface area contributed by atoms with Crippen molar-refractivity contribution in [3.63, 3.8) is 0 Å². The van der Waals surface area contributed by atoms with Gasteiger partial charge in [-0.25, -0.2) is 13.1 Å². The number of aryl methyl sites for hydroxylation is 1. The average Bonchev–Trinajstić information content (AvgIpc) is 3.18. The highest BCUT2D eigenvalue weighted by molar-refractivity contribution is 7.89. The zero-order chi connectivity index (χ0) is 19.4. The van der Waals surface area contributed by atoms with E-state index in [1.165, 1.54) is 30.1 Å². The van der Waals surface area contributed by atoms with Gasteiger partial charge in [-0.05, 0) is 54.1 Å². The summed E-state index contributed by atoms with van der Waals surface area (Å²) in [6, 6.07) is 12.2. The van der Waals surface area contributed by atoms with Gasteiger partial charge in [-0.3, -0.25) is 4.79 Å². The highest BCUT2D eigenvalue weighted by atomic mass is 32.2. The van der Waals surface area contributed by atoms with E-state index in [4.69, 9.17) is 0 Å². The van der Waals surface area contributed by atoms with Gasteiger partial charge in [0.15, 0.2) is 0 Å². The van der Waals surface area contributed by atoms with Gasteiger partial charge in [0, 0.05) is 5.69 Å². The molecule has 10 heteroatoms. The molecule has 0 fully saturated rings. The molecule has 140 valence electrons. The average molecular weight is 386 g/mol. The lowest BCUT2D eigenvalue weighted by Crippen LogP contribution is -2.41. The molecule has 0 spiro atoms. The van der Waals surface area contributed by atoms with Gasteiger partial charge in [0.2, 0.25) is 15.9 Å².